The van der Waals surface area contributed by atoms with Gasteiger partial charge in [0.1, 0.15) is 0 Å². The molecule has 3 atom stereocenters. The first-order chi connectivity index (χ1) is 12.4. The molecule has 1 amide bonds. The SMILES string of the molecule is CC1=C(C)C(C)C(C23CCCCCCCCCCC2(C([NH-])=O)CC3)=C1C.[Cl-].[Cl-].[Ti+3]. The second kappa shape index (κ2) is 11.7. The Hall–Kier alpha value is 0.244. The minimum absolute atomic E-state index is 0. The monoisotopic (exact) mass is 474 g/mol. The van der Waals surface area contributed by atoms with Crippen LogP contribution in [0.5, 0.6) is 0 Å². The van der Waals surface area contributed by atoms with Gasteiger partial charge in [-0.25, -0.2) is 0 Å². The molecule has 3 aliphatic rings. The van der Waals surface area contributed by atoms with Gasteiger partial charge in [-0.1, -0.05) is 69.4 Å². The Kier molecular flexibility index (Phi) is 11.8. The van der Waals surface area contributed by atoms with E-state index in [9.17, 15) is 4.79 Å². The minimum atomic E-state index is -0.401. The zero-order valence-corrected chi connectivity index (χ0v) is 21.8. The van der Waals surface area contributed by atoms with Crippen molar-refractivity contribution in [1.82, 2.24) is 0 Å². The molecule has 2 fully saturated rings. The summed E-state index contributed by atoms with van der Waals surface area (Å²) in [6.07, 6.45) is 14.3. The van der Waals surface area contributed by atoms with Gasteiger partial charge in [0, 0.05) is 10.8 Å². The normalized spacial score (nSPS) is 33.0. The number of halogens is 2. The number of hydrogen-bond acceptors (Lipinski definition) is 1. The Labute approximate surface area is 206 Å². The summed E-state index contributed by atoms with van der Waals surface area (Å²) < 4.78 is 0. The van der Waals surface area contributed by atoms with Crippen molar-refractivity contribution in [3.63, 3.8) is 0 Å². The molecule has 0 saturated heterocycles. The van der Waals surface area contributed by atoms with Crippen molar-refractivity contribution in [2.24, 2.45) is 16.7 Å². The van der Waals surface area contributed by atoms with Crippen LogP contribution in [0.3, 0.4) is 0 Å². The number of carbonyl (C=O) groups excluding carboxylic acids is 1. The van der Waals surface area contributed by atoms with Crippen LogP contribution in [0.1, 0.15) is 105 Å². The smallest absolute Gasteiger partial charge is 1.00 e. The van der Waals surface area contributed by atoms with Gasteiger partial charge in [-0.2, -0.15) is 0 Å². The van der Waals surface area contributed by atoms with Gasteiger partial charge in [0.25, 0.3) is 0 Å². The molecule has 5 heteroatoms. The number of hydrogen-bond donors (Lipinski definition) is 0. The number of nitrogens with one attached hydrogen (secondary N) is 1. The van der Waals surface area contributed by atoms with Crippen LogP contribution in [0.2, 0.25) is 0 Å². The summed E-state index contributed by atoms with van der Waals surface area (Å²) in [5.41, 5.74) is 13.7. The van der Waals surface area contributed by atoms with Crippen LogP contribution in [-0.2, 0) is 26.5 Å². The van der Waals surface area contributed by atoms with Crippen molar-refractivity contribution in [2.45, 2.75) is 105 Å². The average Bonchev–Trinajstić information content (AvgIpc) is 2.78. The summed E-state index contributed by atoms with van der Waals surface area (Å²) in [5, 5.41) is 0. The molecule has 2 nitrogen and oxygen atoms in total. The van der Waals surface area contributed by atoms with E-state index < -0.39 is 5.41 Å². The second-order valence-electron chi connectivity index (χ2n) is 9.39. The topological polar surface area (TPSA) is 40.9 Å². The van der Waals surface area contributed by atoms with Gasteiger partial charge >= 0.3 is 21.7 Å². The maximum Gasteiger partial charge on any atom is 3.00 e. The van der Waals surface area contributed by atoms with Gasteiger partial charge in [-0.05, 0) is 63.5 Å². The predicted molar refractivity (Wildman–Crippen MR) is 110 cm³/mol. The summed E-state index contributed by atoms with van der Waals surface area (Å²) >= 11 is 0. The molecule has 2 saturated carbocycles. The van der Waals surface area contributed by atoms with Gasteiger partial charge in [0.2, 0.25) is 0 Å². The minimum Gasteiger partial charge on any atom is -1.00 e. The third-order valence-electron chi connectivity index (χ3n) is 8.44. The number of rotatable bonds is 2. The Morgan fingerprint density at radius 2 is 1.28 bits per heavy atom. The van der Waals surface area contributed by atoms with Crippen LogP contribution < -0.4 is 24.8 Å². The predicted octanol–water partition coefficient (Wildman–Crippen LogP) is 1.55. The summed E-state index contributed by atoms with van der Waals surface area (Å²) in [6.45, 7) is 9.14. The molecule has 163 valence electrons. The van der Waals surface area contributed by atoms with Gasteiger partial charge in [0.05, 0.1) is 5.91 Å². The summed E-state index contributed by atoms with van der Waals surface area (Å²) in [6, 6.07) is 0. The van der Waals surface area contributed by atoms with E-state index in [0.717, 1.165) is 32.1 Å². The third kappa shape index (κ3) is 4.86. The van der Waals surface area contributed by atoms with Crippen LogP contribution in [0.15, 0.2) is 22.3 Å². The Bertz CT molecular complexity index is 645. The molecule has 0 aromatic heterocycles. The van der Waals surface area contributed by atoms with E-state index in [1.807, 2.05) is 0 Å². The van der Waals surface area contributed by atoms with Crippen LogP contribution in [0.25, 0.3) is 5.73 Å². The Balaban J connectivity index is 0.00000261. The van der Waals surface area contributed by atoms with E-state index in [4.69, 9.17) is 5.73 Å². The molecule has 3 unspecified atom stereocenters. The van der Waals surface area contributed by atoms with Gasteiger partial charge in [0.15, 0.2) is 0 Å². The zero-order chi connectivity index (χ0) is 18.9. The number of fused-ring (bicyclic) bond motifs is 1. The first-order valence-electron chi connectivity index (χ1n) is 11.0. The summed E-state index contributed by atoms with van der Waals surface area (Å²) in [4.78, 5) is 12.8. The molecule has 0 spiro atoms. The zero-order valence-electron chi connectivity index (χ0n) is 18.7. The van der Waals surface area contributed by atoms with Crippen molar-refractivity contribution in [3.05, 3.63) is 28.0 Å². The number of carbonyl (C=O) groups is 1. The fourth-order valence-corrected chi connectivity index (χ4v) is 6.48. The standard InChI is InChI=1S/C24H39NO.2ClH.Ti/c1-17-18(2)20(4)21(19(17)3)23-13-11-9-7-5-6-8-10-12-14-24(23,16-15-23)22(25)26;;;/h19H,5-16H2,1-4H3,(H2,25,26);2*1H;/q;;;+3/p-3. The van der Waals surface area contributed by atoms with Crippen molar-refractivity contribution in [2.75, 3.05) is 0 Å². The van der Waals surface area contributed by atoms with Crippen molar-refractivity contribution in [1.29, 1.82) is 0 Å². The molecular formula is C24H38Cl2NOTi. The van der Waals surface area contributed by atoms with Gasteiger partial charge < -0.3 is 35.3 Å². The van der Waals surface area contributed by atoms with E-state index in [1.165, 1.54) is 67.2 Å². The average molecular weight is 475 g/mol. The summed E-state index contributed by atoms with van der Waals surface area (Å²) in [5.74, 6) is 0.178. The maximum absolute atomic E-state index is 12.8. The molecule has 3 aliphatic carbocycles. The fourth-order valence-electron chi connectivity index (χ4n) is 6.48. The molecule has 0 aromatic rings. The first-order valence-corrected chi connectivity index (χ1v) is 11.0. The van der Waals surface area contributed by atoms with Crippen molar-refractivity contribution in [3.8, 4) is 0 Å². The molecule has 0 heterocycles. The van der Waals surface area contributed by atoms with Gasteiger partial charge in [-0.3, -0.25) is 0 Å². The molecule has 1 radical (unpaired) electrons. The van der Waals surface area contributed by atoms with Crippen LogP contribution in [0.4, 0.5) is 0 Å². The van der Waals surface area contributed by atoms with Gasteiger partial charge in [-0.15, -0.1) is 0 Å². The maximum atomic E-state index is 12.8. The Morgan fingerprint density at radius 3 is 1.66 bits per heavy atom. The number of amides is 1. The molecule has 29 heavy (non-hydrogen) atoms. The molecule has 3 rings (SSSR count). The Morgan fingerprint density at radius 1 is 0.793 bits per heavy atom. The largest absolute Gasteiger partial charge is 3.00 e. The van der Waals surface area contributed by atoms with Crippen LogP contribution >= 0.6 is 0 Å². The van der Waals surface area contributed by atoms with Crippen molar-refractivity contribution >= 4 is 5.91 Å². The van der Waals surface area contributed by atoms with E-state index in [2.05, 4.69) is 27.7 Å². The van der Waals surface area contributed by atoms with Crippen LogP contribution in [0, 0.1) is 16.7 Å². The molecule has 0 aromatic carbocycles. The molecule has 1 N–H and O–H groups in total. The fraction of sp³-hybridized carbons (Fsp3) is 0.792. The third-order valence-corrected chi connectivity index (χ3v) is 8.44. The van der Waals surface area contributed by atoms with Crippen molar-refractivity contribution < 1.29 is 51.3 Å². The van der Waals surface area contributed by atoms with E-state index in [0.29, 0.717) is 5.92 Å². The first kappa shape index (κ1) is 29.2. The summed E-state index contributed by atoms with van der Waals surface area (Å²) in [7, 11) is 0. The van der Waals surface area contributed by atoms with Crippen LogP contribution in [-0.4, -0.2) is 5.91 Å². The quantitative estimate of drug-likeness (QED) is 0.559. The van der Waals surface area contributed by atoms with E-state index in [1.54, 1.807) is 0 Å². The van der Waals surface area contributed by atoms with E-state index >= 15 is 0 Å². The molecule has 0 bridgehead atoms. The molecule has 0 aliphatic heterocycles. The number of allylic oxidation sites excluding steroid dienone is 4. The molecular weight excluding hydrogens is 437 g/mol. The second-order valence-corrected chi connectivity index (χ2v) is 9.39. The van der Waals surface area contributed by atoms with E-state index in [-0.39, 0.29) is 57.9 Å².